The number of imidazole rings is 1. The summed E-state index contributed by atoms with van der Waals surface area (Å²) in [6.07, 6.45) is 7.68. The number of carbonyl (C=O) groups is 1. The van der Waals surface area contributed by atoms with Crippen LogP contribution in [-0.2, 0) is 6.42 Å². The molecule has 0 spiro atoms. The lowest BCUT2D eigenvalue weighted by Crippen LogP contribution is -2.29. The van der Waals surface area contributed by atoms with E-state index in [2.05, 4.69) is 15.0 Å². The Hall–Kier alpha value is -3.74. The van der Waals surface area contributed by atoms with Crippen LogP contribution in [0.3, 0.4) is 0 Å². The second-order valence-electron chi connectivity index (χ2n) is 6.66. The smallest absolute Gasteiger partial charge is 0.273 e. The van der Waals surface area contributed by atoms with E-state index in [1.807, 2.05) is 46.9 Å². The summed E-state index contributed by atoms with van der Waals surface area (Å²) in [5, 5.41) is 0. The average Bonchev–Trinajstić information content (AvgIpc) is 3.22. The summed E-state index contributed by atoms with van der Waals surface area (Å²) in [6, 6.07) is 13.4. The van der Waals surface area contributed by atoms with Crippen LogP contribution in [0.15, 0.2) is 67.3 Å². The summed E-state index contributed by atoms with van der Waals surface area (Å²) in [7, 11) is 3.41. The maximum atomic E-state index is 12.9. The molecule has 0 saturated heterocycles. The molecule has 0 unspecified atom stereocenters. The van der Waals surface area contributed by atoms with Gasteiger partial charge in [0.15, 0.2) is 5.65 Å². The third kappa shape index (κ3) is 3.94. The summed E-state index contributed by atoms with van der Waals surface area (Å²) in [5.41, 5.74) is 3.60. The van der Waals surface area contributed by atoms with Crippen molar-refractivity contribution in [1.29, 1.82) is 0 Å². The molecular formula is C22H21N5O2. The Balaban J connectivity index is 1.57. The predicted molar refractivity (Wildman–Crippen MR) is 110 cm³/mol. The standard InChI is InChI=1S/C22H21N5O2/c1-26(13-10-17-5-3-4-11-23-17)22(28)19-15-27-14-12-24-20(21(27)25-19)16-6-8-18(29-2)9-7-16/h3-9,11-12,14-15H,10,13H2,1-2H3. The Bertz CT molecular complexity index is 1120. The van der Waals surface area contributed by atoms with Gasteiger partial charge in [-0.2, -0.15) is 0 Å². The van der Waals surface area contributed by atoms with Crippen LogP contribution in [0.4, 0.5) is 0 Å². The van der Waals surface area contributed by atoms with E-state index in [0.717, 1.165) is 17.0 Å². The van der Waals surface area contributed by atoms with Gasteiger partial charge in [-0.3, -0.25) is 14.8 Å². The van der Waals surface area contributed by atoms with E-state index in [1.54, 1.807) is 43.8 Å². The monoisotopic (exact) mass is 387 g/mol. The highest BCUT2D eigenvalue weighted by Crippen LogP contribution is 2.24. The molecule has 0 aliphatic heterocycles. The number of ether oxygens (including phenoxy) is 1. The van der Waals surface area contributed by atoms with Crippen LogP contribution in [0, 0.1) is 0 Å². The zero-order valence-electron chi connectivity index (χ0n) is 16.3. The summed E-state index contributed by atoms with van der Waals surface area (Å²) in [5.74, 6) is 0.639. The predicted octanol–water partition coefficient (Wildman–Crippen LogP) is 3.11. The Morgan fingerprint density at radius 1 is 1.10 bits per heavy atom. The number of rotatable bonds is 6. The van der Waals surface area contributed by atoms with Crippen molar-refractivity contribution in [3.05, 3.63) is 78.6 Å². The van der Waals surface area contributed by atoms with Crippen LogP contribution in [0.5, 0.6) is 5.75 Å². The molecule has 29 heavy (non-hydrogen) atoms. The van der Waals surface area contributed by atoms with Gasteiger partial charge in [-0.1, -0.05) is 6.07 Å². The van der Waals surface area contributed by atoms with Gasteiger partial charge in [0.05, 0.1) is 7.11 Å². The van der Waals surface area contributed by atoms with Crippen molar-refractivity contribution < 1.29 is 9.53 Å². The van der Waals surface area contributed by atoms with Gasteiger partial charge in [-0.05, 0) is 36.4 Å². The molecule has 0 aliphatic rings. The molecule has 3 heterocycles. The lowest BCUT2D eigenvalue weighted by atomic mass is 10.1. The highest BCUT2D eigenvalue weighted by Gasteiger charge is 2.18. The van der Waals surface area contributed by atoms with Crippen LogP contribution in [0.2, 0.25) is 0 Å². The van der Waals surface area contributed by atoms with Gasteiger partial charge in [0.1, 0.15) is 17.1 Å². The van der Waals surface area contributed by atoms with Crippen LogP contribution >= 0.6 is 0 Å². The zero-order chi connectivity index (χ0) is 20.2. The molecular weight excluding hydrogens is 366 g/mol. The fourth-order valence-electron chi connectivity index (χ4n) is 3.10. The highest BCUT2D eigenvalue weighted by atomic mass is 16.5. The van der Waals surface area contributed by atoms with Gasteiger partial charge in [0.2, 0.25) is 0 Å². The van der Waals surface area contributed by atoms with E-state index in [-0.39, 0.29) is 5.91 Å². The van der Waals surface area contributed by atoms with E-state index < -0.39 is 0 Å². The van der Waals surface area contributed by atoms with E-state index >= 15 is 0 Å². The third-order valence-electron chi connectivity index (χ3n) is 4.73. The van der Waals surface area contributed by atoms with E-state index in [9.17, 15) is 4.79 Å². The largest absolute Gasteiger partial charge is 0.497 e. The van der Waals surface area contributed by atoms with Crippen molar-refractivity contribution >= 4 is 11.6 Å². The summed E-state index contributed by atoms with van der Waals surface area (Å²) >= 11 is 0. The number of aromatic nitrogens is 4. The molecule has 146 valence electrons. The molecule has 4 rings (SSSR count). The minimum absolute atomic E-state index is 0.134. The van der Waals surface area contributed by atoms with Crippen molar-refractivity contribution in [3.63, 3.8) is 0 Å². The fourth-order valence-corrected chi connectivity index (χ4v) is 3.10. The number of likely N-dealkylation sites (N-methyl/N-ethyl adjacent to an activating group) is 1. The Kier molecular flexibility index (Phi) is 5.20. The molecule has 0 atom stereocenters. The quantitative estimate of drug-likeness (QED) is 0.508. The van der Waals surface area contributed by atoms with Crippen LogP contribution < -0.4 is 4.74 Å². The van der Waals surface area contributed by atoms with Gasteiger partial charge in [-0.25, -0.2) is 4.98 Å². The van der Waals surface area contributed by atoms with Gasteiger partial charge < -0.3 is 14.0 Å². The van der Waals surface area contributed by atoms with Crippen molar-refractivity contribution in [2.45, 2.75) is 6.42 Å². The topological polar surface area (TPSA) is 72.6 Å². The van der Waals surface area contributed by atoms with Gasteiger partial charge >= 0.3 is 0 Å². The fraction of sp³-hybridized carbons (Fsp3) is 0.182. The molecule has 4 aromatic rings. The molecule has 0 N–H and O–H groups in total. The molecule has 0 aliphatic carbocycles. The number of benzene rings is 1. The normalized spacial score (nSPS) is 10.8. The number of carbonyl (C=O) groups excluding carboxylic acids is 1. The number of nitrogens with zero attached hydrogens (tertiary/aromatic N) is 5. The van der Waals surface area contributed by atoms with E-state index in [0.29, 0.717) is 30.0 Å². The number of fused-ring (bicyclic) bond motifs is 1. The molecule has 0 fully saturated rings. The molecule has 7 heteroatoms. The van der Waals surface area contributed by atoms with Gasteiger partial charge in [0, 0.05) is 56.1 Å². The van der Waals surface area contributed by atoms with Crippen molar-refractivity contribution in [3.8, 4) is 17.0 Å². The average molecular weight is 387 g/mol. The Morgan fingerprint density at radius 3 is 2.66 bits per heavy atom. The first-order chi connectivity index (χ1) is 14.2. The first-order valence-electron chi connectivity index (χ1n) is 9.29. The van der Waals surface area contributed by atoms with Crippen molar-refractivity contribution in [2.75, 3.05) is 20.7 Å². The molecule has 7 nitrogen and oxygen atoms in total. The van der Waals surface area contributed by atoms with Crippen molar-refractivity contribution in [2.24, 2.45) is 0 Å². The second-order valence-corrected chi connectivity index (χ2v) is 6.66. The third-order valence-corrected chi connectivity index (χ3v) is 4.73. The molecule has 1 aromatic carbocycles. The second kappa shape index (κ2) is 8.10. The SMILES string of the molecule is COc1ccc(-c2nccn3cc(C(=O)N(C)CCc4ccccn4)nc23)cc1. The van der Waals surface area contributed by atoms with E-state index in [4.69, 9.17) is 4.74 Å². The number of hydrogen-bond acceptors (Lipinski definition) is 5. The Morgan fingerprint density at radius 2 is 1.93 bits per heavy atom. The minimum Gasteiger partial charge on any atom is -0.497 e. The number of amides is 1. The summed E-state index contributed by atoms with van der Waals surface area (Å²) in [6.45, 7) is 0.563. The Labute approximate surface area is 168 Å². The number of methoxy groups -OCH3 is 1. The lowest BCUT2D eigenvalue weighted by molar-refractivity contribution is 0.0791. The van der Waals surface area contributed by atoms with Crippen LogP contribution in [0.25, 0.3) is 16.9 Å². The first kappa shape index (κ1) is 18.6. The lowest BCUT2D eigenvalue weighted by Gasteiger charge is -2.15. The molecule has 3 aromatic heterocycles. The van der Waals surface area contributed by atoms with Gasteiger partial charge in [-0.15, -0.1) is 0 Å². The van der Waals surface area contributed by atoms with Crippen LogP contribution in [0.1, 0.15) is 16.2 Å². The highest BCUT2D eigenvalue weighted by molar-refractivity contribution is 5.93. The number of pyridine rings is 1. The zero-order valence-corrected chi connectivity index (χ0v) is 16.3. The molecule has 1 amide bonds. The number of hydrogen-bond donors (Lipinski definition) is 0. The molecule has 0 saturated carbocycles. The van der Waals surface area contributed by atoms with E-state index in [1.165, 1.54) is 0 Å². The van der Waals surface area contributed by atoms with Crippen molar-refractivity contribution in [1.82, 2.24) is 24.3 Å². The summed E-state index contributed by atoms with van der Waals surface area (Å²) < 4.78 is 7.04. The molecule has 0 bridgehead atoms. The molecule has 0 radical (unpaired) electrons. The van der Waals surface area contributed by atoms with Crippen LogP contribution in [-0.4, -0.2) is 50.9 Å². The summed E-state index contributed by atoms with van der Waals surface area (Å²) in [4.78, 5) is 27.9. The van der Waals surface area contributed by atoms with Gasteiger partial charge in [0.25, 0.3) is 5.91 Å². The minimum atomic E-state index is -0.134. The first-order valence-corrected chi connectivity index (χ1v) is 9.29. The maximum absolute atomic E-state index is 12.9. The maximum Gasteiger partial charge on any atom is 0.273 e.